The van der Waals surface area contributed by atoms with E-state index >= 15 is 0 Å². The summed E-state index contributed by atoms with van der Waals surface area (Å²) >= 11 is 0. The summed E-state index contributed by atoms with van der Waals surface area (Å²) in [4.78, 5) is 19.4. The van der Waals surface area contributed by atoms with Gasteiger partial charge in [0.2, 0.25) is 0 Å². The summed E-state index contributed by atoms with van der Waals surface area (Å²) in [7, 11) is 0. The van der Waals surface area contributed by atoms with Crippen molar-refractivity contribution in [3.8, 4) is 17.3 Å². The summed E-state index contributed by atoms with van der Waals surface area (Å²) in [5.74, 6) is 1.35. The Balaban J connectivity index is 1.69. The summed E-state index contributed by atoms with van der Waals surface area (Å²) < 4.78 is 42.2. The van der Waals surface area contributed by atoms with Crippen molar-refractivity contribution in [3.05, 3.63) is 34.9 Å². The molecule has 9 heteroatoms. The van der Waals surface area contributed by atoms with Gasteiger partial charge in [0.1, 0.15) is 0 Å². The second-order valence-electron chi connectivity index (χ2n) is 6.20. The van der Waals surface area contributed by atoms with Gasteiger partial charge in [0.25, 0.3) is 5.56 Å². The zero-order chi connectivity index (χ0) is 18.0. The highest BCUT2D eigenvalue weighted by molar-refractivity contribution is 5.55. The van der Waals surface area contributed by atoms with Crippen LogP contribution in [-0.4, -0.2) is 32.5 Å². The Morgan fingerprint density at radius 1 is 1.28 bits per heavy atom. The van der Waals surface area contributed by atoms with Crippen LogP contribution in [0.4, 0.5) is 13.2 Å². The molecule has 0 saturated heterocycles. The number of hydrogen-bond donors (Lipinski definition) is 0. The number of aryl methyl sites for hydroxylation is 1. The van der Waals surface area contributed by atoms with Gasteiger partial charge in [0.05, 0.1) is 5.69 Å². The molecule has 0 aromatic carbocycles. The molecule has 0 radical (unpaired) electrons. The van der Waals surface area contributed by atoms with Gasteiger partial charge < -0.3 is 4.74 Å². The minimum Gasteiger partial charge on any atom is -0.454 e. The highest BCUT2D eigenvalue weighted by Crippen LogP contribution is 2.40. The first-order valence-corrected chi connectivity index (χ1v) is 7.92. The number of nitrogens with zero attached hydrogens (tertiary/aromatic N) is 4. The third-order valence-corrected chi connectivity index (χ3v) is 4.14. The molecule has 2 heterocycles. The topological polar surface area (TPSA) is 69.9 Å². The third kappa shape index (κ3) is 4.77. The SMILES string of the molecule is CC1CC1CCn1nc(-c2cnc(OCC(F)(F)F)nc2)ccc1=O. The Labute approximate surface area is 141 Å². The summed E-state index contributed by atoms with van der Waals surface area (Å²) in [5.41, 5.74) is 0.779. The molecule has 25 heavy (non-hydrogen) atoms. The van der Waals surface area contributed by atoms with Gasteiger partial charge in [0, 0.05) is 30.6 Å². The molecule has 1 fully saturated rings. The van der Waals surface area contributed by atoms with Gasteiger partial charge in [-0.25, -0.2) is 14.6 Å². The highest BCUT2D eigenvalue weighted by Gasteiger charge is 2.32. The quantitative estimate of drug-likeness (QED) is 0.798. The molecule has 2 aromatic rings. The lowest BCUT2D eigenvalue weighted by atomic mass is 10.2. The number of hydrogen-bond acceptors (Lipinski definition) is 5. The van der Waals surface area contributed by atoms with E-state index in [9.17, 15) is 18.0 Å². The molecule has 1 aliphatic carbocycles. The molecule has 0 amide bonds. The second kappa shape index (κ2) is 6.81. The van der Waals surface area contributed by atoms with Crippen LogP contribution in [0.3, 0.4) is 0 Å². The van der Waals surface area contributed by atoms with E-state index in [1.807, 2.05) is 0 Å². The third-order valence-electron chi connectivity index (χ3n) is 4.14. The summed E-state index contributed by atoms with van der Waals surface area (Å²) in [6.45, 7) is 1.27. The summed E-state index contributed by atoms with van der Waals surface area (Å²) in [6, 6.07) is 2.58. The van der Waals surface area contributed by atoms with E-state index in [-0.39, 0.29) is 11.6 Å². The molecule has 0 aliphatic heterocycles. The predicted molar refractivity (Wildman–Crippen MR) is 83.0 cm³/mol. The van der Waals surface area contributed by atoms with Crippen molar-refractivity contribution < 1.29 is 17.9 Å². The molecule has 0 N–H and O–H groups in total. The lowest BCUT2D eigenvalue weighted by Gasteiger charge is -2.08. The Bertz CT molecular complexity index is 789. The van der Waals surface area contributed by atoms with Gasteiger partial charge in [0.15, 0.2) is 6.61 Å². The standard InChI is InChI=1S/C16H17F3N4O2/c1-10-6-11(10)4-5-23-14(24)3-2-13(22-23)12-7-20-15(21-8-12)25-9-16(17,18)19/h2-3,7-8,10-11H,4-6,9H2,1H3. The van der Waals surface area contributed by atoms with E-state index in [4.69, 9.17) is 0 Å². The molecule has 6 nitrogen and oxygen atoms in total. The van der Waals surface area contributed by atoms with Gasteiger partial charge in [-0.1, -0.05) is 6.92 Å². The zero-order valence-electron chi connectivity index (χ0n) is 13.5. The Morgan fingerprint density at radius 2 is 1.96 bits per heavy atom. The molecule has 1 aliphatic rings. The number of ether oxygens (including phenoxy) is 1. The number of alkyl halides is 3. The highest BCUT2D eigenvalue weighted by atomic mass is 19.4. The van der Waals surface area contributed by atoms with Crippen molar-refractivity contribution in [1.29, 1.82) is 0 Å². The normalized spacial score (nSPS) is 19.7. The van der Waals surface area contributed by atoms with Crippen molar-refractivity contribution >= 4 is 0 Å². The maximum absolute atomic E-state index is 12.1. The summed E-state index contributed by atoms with van der Waals surface area (Å²) in [6.07, 6.45) is 0.274. The van der Waals surface area contributed by atoms with Crippen molar-refractivity contribution in [2.45, 2.75) is 32.5 Å². The maximum atomic E-state index is 12.1. The van der Waals surface area contributed by atoms with Crippen molar-refractivity contribution in [2.75, 3.05) is 6.61 Å². The van der Waals surface area contributed by atoms with E-state index in [0.29, 0.717) is 29.6 Å². The molecule has 1 saturated carbocycles. The fourth-order valence-electron chi connectivity index (χ4n) is 2.52. The van der Waals surface area contributed by atoms with Crippen LogP contribution in [0.2, 0.25) is 0 Å². The van der Waals surface area contributed by atoms with Crippen molar-refractivity contribution in [1.82, 2.24) is 19.7 Å². The maximum Gasteiger partial charge on any atom is 0.422 e. The van der Waals surface area contributed by atoms with E-state index < -0.39 is 12.8 Å². The lowest BCUT2D eigenvalue weighted by Crippen LogP contribution is -2.22. The van der Waals surface area contributed by atoms with E-state index in [2.05, 4.69) is 26.7 Å². The van der Waals surface area contributed by atoms with Crippen LogP contribution in [0.5, 0.6) is 6.01 Å². The van der Waals surface area contributed by atoms with Crippen LogP contribution < -0.4 is 10.3 Å². The van der Waals surface area contributed by atoms with Crippen LogP contribution in [0.25, 0.3) is 11.3 Å². The Hall–Kier alpha value is -2.45. The van der Waals surface area contributed by atoms with Crippen molar-refractivity contribution in [2.24, 2.45) is 11.8 Å². The average molecular weight is 354 g/mol. The first kappa shape index (κ1) is 17.4. The van der Waals surface area contributed by atoms with Crippen LogP contribution in [-0.2, 0) is 6.54 Å². The first-order valence-electron chi connectivity index (χ1n) is 7.92. The minimum atomic E-state index is -4.45. The van der Waals surface area contributed by atoms with Gasteiger partial charge in [-0.05, 0) is 30.7 Å². The molecule has 134 valence electrons. The number of aromatic nitrogens is 4. The van der Waals surface area contributed by atoms with Crippen LogP contribution >= 0.6 is 0 Å². The molecule has 2 atom stereocenters. The number of rotatable bonds is 6. The Morgan fingerprint density at radius 3 is 2.56 bits per heavy atom. The van der Waals surface area contributed by atoms with Crippen LogP contribution in [0.1, 0.15) is 19.8 Å². The largest absolute Gasteiger partial charge is 0.454 e. The fourth-order valence-corrected chi connectivity index (χ4v) is 2.52. The monoisotopic (exact) mass is 354 g/mol. The van der Waals surface area contributed by atoms with Gasteiger partial charge in [-0.15, -0.1) is 0 Å². The van der Waals surface area contributed by atoms with E-state index in [1.54, 1.807) is 0 Å². The smallest absolute Gasteiger partial charge is 0.422 e. The average Bonchev–Trinajstić information content (AvgIpc) is 3.27. The van der Waals surface area contributed by atoms with E-state index in [1.165, 1.54) is 35.6 Å². The molecular formula is C16H17F3N4O2. The molecule has 2 aromatic heterocycles. The second-order valence-corrected chi connectivity index (χ2v) is 6.20. The Kier molecular flexibility index (Phi) is 4.73. The van der Waals surface area contributed by atoms with Crippen molar-refractivity contribution in [3.63, 3.8) is 0 Å². The molecule has 2 unspecified atom stereocenters. The molecule has 3 rings (SSSR count). The zero-order valence-corrected chi connectivity index (χ0v) is 13.5. The van der Waals surface area contributed by atoms with E-state index in [0.717, 1.165) is 6.42 Å². The predicted octanol–water partition coefficient (Wildman–Crippen LogP) is 2.69. The van der Waals surface area contributed by atoms with Crippen LogP contribution in [0, 0.1) is 11.8 Å². The fraction of sp³-hybridized carbons (Fsp3) is 0.500. The van der Waals surface area contributed by atoms with Gasteiger partial charge >= 0.3 is 12.2 Å². The number of halogens is 3. The molecule has 0 spiro atoms. The first-order chi connectivity index (χ1) is 11.8. The summed E-state index contributed by atoms with van der Waals surface area (Å²) in [5, 5.41) is 4.29. The van der Waals surface area contributed by atoms with Crippen LogP contribution in [0.15, 0.2) is 29.3 Å². The van der Waals surface area contributed by atoms with Gasteiger partial charge in [-0.2, -0.15) is 18.3 Å². The van der Waals surface area contributed by atoms with Gasteiger partial charge in [-0.3, -0.25) is 4.79 Å². The lowest BCUT2D eigenvalue weighted by molar-refractivity contribution is -0.154. The minimum absolute atomic E-state index is 0.192. The molecule has 0 bridgehead atoms. The molecular weight excluding hydrogens is 337 g/mol.